The molecule has 4 heteroatoms. The van der Waals surface area contributed by atoms with E-state index in [4.69, 9.17) is 9.47 Å². The second-order valence-corrected chi connectivity index (χ2v) is 3.56. The van der Waals surface area contributed by atoms with E-state index in [1.165, 1.54) is 12.0 Å². The summed E-state index contributed by atoms with van der Waals surface area (Å²) in [6, 6.07) is 10.9. The molecule has 1 atom stereocenters. The van der Waals surface area contributed by atoms with E-state index >= 15 is 0 Å². The van der Waals surface area contributed by atoms with Crippen molar-refractivity contribution in [2.75, 3.05) is 13.2 Å². The second-order valence-electron chi connectivity index (χ2n) is 3.56. The topological polar surface area (TPSA) is 18.5 Å². The van der Waals surface area contributed by atoms with Crippen molar-refractivity contribution in [1.82, 2.24) is 0 Å². The van der Waals surface area contributed by atoms with Crippen LogP contribution in [0, 0.1) is 6.07 Å². The summed E-state index contributed by atoms with van der Waals surface area (Å²) in [5.41, 5.74) is 1.17. The molecule has 0 saturated carbocycles. The Morgan fingerprint density at radius 2 is 2.38 bits per heavy atom. The fraction of sp³-hybridized carbons (Fsp3) is 0.500. The summed E-state index contributed by atoms with van der Waals surface area (Å²) in [7, 11) is 0. The van der Waals surface area contributed by atoms with Crippen LogP contribution in [0.4, 0.5) is 0 Å². The van der Waals surface area contributed by atoms with Crippen molar-refractivity contribution in [3.05, 3.63) is 35.9 Å². The van der Waals surface area contributed by atoms with Crippen LogP contribution in [0.1, 0.15) is 18.4 Å². The Bertz CT molecular complexity index is 263. The minimum Gasteiger partial charge on any atom is -1.00 e. The fourth-order valence-corrected chi connectivity index (χ4v) is 1.60. The van der Waals surface area contributed by atoms with Gasteiger partial charge in [0.15, 0.2) is 0 Å². The quantitative estimate of drug-likeness (QED) is 0.513. The predicted molar refractivity (Wildman–Crippen MR) is 59.7 cm³/mol. The van der Waals surface area contributed by atoms with Gasteiger partial charge in [0.05, 0.1) is 12.7 Å². The zero-order chi connectivity index (χ0) is 9.64. The van der Waals surface area contributed by atoms with E-state index in [-0.39, 0.29) is 40.0 Å². The smallest absolute Gasteiger partial charge is 1.00 e. The molecule has 1 aliphatic heterocycles. The van der Waals surface area contributed by atoms with Gasteiger partial charge in [-0.1, -0.05) is 0 Å². The molecular weight excluding hydrogens is 280 g/mol. The molecule has 1 aliphatic rings. The van der Waals surface area contributed by atoms with E-state index in [0.29, 0.717) is 12.7 Å². The van der Waals surface area contributed by atoms with E-state index < -0.39 is 0 Å². The SMILES string of the molecule is [Br-].[Mg+2].[c-]1cccc(COCC2CCCO2)c1. The molecule has 2 nitrogen and oxygen atoms in total. The van der Waals surface area contributed by atoms with Crippen LogP contribution in [0.25, 0.3) is 0 Å². The van der Waals surface area contributed by atoms with Crippen molar-refractivity contribution < 1.29 is 26.5 Å². The van der Waals surface area contributed by atoms with Gasteiger partial charge in [0.2, 0.25) is 0 Å². The molecule has 0 aliphatic carbocycles. The van der Waals surface area contributed by atoms with Gasteiger partial charge in [-0.2, -0.15) is 30.3 Å². The molecule has 0 bridgehead atoms. The minimum atomic E-state index is 0. The van der Waals surface area contributed by atoms with Crippen LogP contribution in [-0.2, 0) is 16.1 Å². The third kappa shape index (κ3) is 5.64. The van der Waals surface area contributed by atoms with Crippen molar-refractivity contribution >= 4 is 23.1 Å². The van der Waals surface area contributed by atoms with E-state index in [9.17, 15) is 0 Å². The van der Waals surface area contributed by atoms with Crippen LogP contribution >= 0.6 is 0 Å². The van der Waals surface area contributed by atoms with E-state index in [2.05, 4.69) is 6.07 Å². The Hall–Kier alpha value is 0.386. The Morgan fingerprint density at radius 1 is 1.50 bits per heavy atom. The summed E-state index contributed by atoms with van der Waals surface area (Å²) >= 11 is 0. The molecule has 84 valence electrons. The molecule has 2 rings (SSSR count). The molecule has 1 aromatic carbocycles. The molecule has 16 heavy (non-hydrogen) atoms. The van der Waals surface area contributed by atoms with E-state index in [1.54, 1.807) is 0 Å². The van der Waals surface area contributed by atoms with Gasteiger partial charge < -0.3 is 26.5 Å². The van der Waals surface area contributed by atoms with Gasteiger partial charge in [0.25, 0.3) is 0 Å². The Morgan fingerprint density at radius 3 is 3.00 bits per heavy atom. The zero-order valence-corrected chi connectivity index (χ0v) is 12.3. The zero-order valence-electron chi connectivity index (χ0n) is 9.32. The van der Waals surface area contributed by atoms with Gasteiger partial charge in [-0.15, -0.1) is 5.56 Å². The molecule has 0 radical (unpaired) electrons. The third-order valence-electron chi connectivity index (χ3n) is 2.37. The van der Waals surface area contributed by atoms with Gasteiger partial charge in [0, 0.05) is 13.2 Å². The molecule has 1 saturated heterocycles. The fourth-order valence-electron chi connectivity index (χ4n) is 1.60. The molecular formula is C12H15BrMgO2. The summed E-state index contributed by atoms with van der Waals surface area (Å²) in [5.74, 6) is 0. The summed E-state index contributed by atoms with van der Waals surface area (Å²) in [6.45, 7) is 2.28. The van der Waals surface area contributed by atoms with Crippen molar-refractivity contribution in [2.45, 2.75) is 25.6 Å². The van der Waals surface area contributed by atoms with Crippen molar-refractivity contribution in [2.24, 2.45) is 0 Å². The molecule has 0 amide bonds. The average molecular weight is 295 g/mol. The summed E-state index contributed by atoms with van der Waals surface area (Å²) in [4.78, 5) is 0. The van der Waals surface area contributed by atoms with Crippen LogP contribution in [-0.4, -0.2) is 42.4 Å². The van der Waals surface area contributed by atoms with Crippen LogP contribution in [0.15, 0.2) is 24.3 Å². The first-order valence-electron chi connectivity index (χ1n) is 5.09. The number of halogens is 1. The predicted octanol–water partition coefficient (Wildman–Crippen LogP) is -1.19. The average Bonchev–Trinajstić information content (AvgIpc) is 2.72. The number of rotatable bonds is 4. The normalized spacial score (nSPS) is 18.6. The first kappa shape index (κ1) is 16.4. The summed E-state index contributed by atoms with van der Waals surface area (Å²) in [5, 5.41) is 0. The monoisotopic (exact) mass is 294 g/mol. The Kier molecular flexibility index (Phi) is 9.65. The molecule has 1 fully saturated rings. The van der Waals surface area contributed by atoms with Crippen molar-refractivity contribution in [3.63, 3.8) is 0 Å². The van der Waals surface area contributed by atoms with Crippen LogP contribution in [0.3, 0.4) is 0 Å². The number of hydrogen-bond acceptors (Lipinski definition) is 2. The number of benzene rings is 1. The van der Waals surface area contributed by atoms with E-state index in [0.717, 1.165) is 19.6 Å². The second kappa shape index (κ2) is 9.42. The summed E-state index contributed by atoms with van der Waals surface area (Å²) < 4.78 is 11.0. The van der Waals surface area contributed by atoms with Crippen LogP contribution in [0.2, 0.25) is 0 Å². The maximum absolute atomic E-state index is 5.56. The third-order valence-corrected chi connectivity index (χ3v) is 2.37. The summed E-state index contributed by atoms with van der Waals surface area (Å²) in [6.07, 6.45) is 2.64. The maximum atomic E-state index is 5.56. The first-order chi connectivity index (χ1) is 6.95. The number of hydrogen-bond donors (Lipinski definition) is 0. The molecule has 1 unspecified atom stereocenters. The maximum Gasteiger partial charge on any atom is 2.00 e. The van der Waals surface area contributed by atoms with Gasteiger partial charge in [-0.25, -0.2) is 0 Å². The molecule has 1 aromatic rings. The number of ether oxygens (including phenoxy) is 2. The Labute approximate surface area is 124 Å². The van der Waals surface area contributed by atoms with Crippen LogP contribution < -0.4 is 17.0 Å². The van der Waals surface area contributed by atoms with Gasteiger partial charge >= 0.3 is 23.1 Å². The largest absolute Gasteiger partial charge is 2.00 e. The van der Waals surface area contributed by atoms with Crippen LogP contribution in [0.5, 0.6) is 0 Å². The standard InChI is InChI=1S/C12H15O2.BrH.Mg/c1-2-5-11(6-3-1)9-13-10-12-7-4-8-14-12;;/h1-2,5-6,12H,4,7-10H2;1H;/q-1;;+2/p-1. The minimum absolute atomic E-state index is 0. The molecule has 0 spiro atoms. The van der Waals surface area contributed by atoms with E-state index in [1.807, 2.05) is 24.3 Å². The molecule has 0 N–H and O–H groups in total. The van der Waals surface area contributed by atoms with Crippen molar-refractivity contribution in [3.8, 4) is 0 Å². The van der Waals surface area contributed by atoms with Crippen molar-refractivity contribution in [1.29, 1.82) is 0 Å². The van der Waals surface area contributed by atoms with Gasteiger partial charge in [-0.3, -0.25) is 0 Å². The molecule has 1 heterocycles. The first-order valence-corrected chi connectivity index (χ1v) is 5.09. The van der Waals surface area contributed by atoms with Gasteiger partial charge in [0.1, 0.15) is 0 Å². The Balaban J connectivity index is 0.00000112. The van der Waals surface area contributed by atoms with Gasteiger partial charge in [-0.05, 0) is 12.8 Å². The molecule has 0 aromatic heterocycles.